The lowest BCUT2D eigenvalue weighted by Crippen LogP contribution is -2.33. The highest BCUT2D eigenvalue weighted by molar-refractivity contribution is 7.15. The molecular weight excluding hydrogens is 374 g/mol. The first-order chi connectivity index (χ1) is 13.7. The average Bonchev–Trinajstić information content (AvgIpc) is 3.14. The van der Waals surface area contributed by atoms with Crippen molar-refractivity contribution >= 4 is 28.3 Å². The first-order valence-corrected chi connectivity index (χ1v) is 9.76. The van der Waals surface area contributed by atoms with Crippen molar-refractivity contribution in [2.45, 2.75) is 13.3 Å². The van der Waals surface area contributed by atoms with Gasteiger partial charge in [-0.05, 0) is 24.6 Å². The Labute approximate surface area is 167 Å². The van der Waals surface area contributed by atoms with Crippen molar-refractivity contribution in [3.05, 3.63) is 76.8 Å². The van der Waals surface area contributed by atoms with Crippen molar-refractivity contribution in [3.63, 3.8) is 0 Å². The van der Waals surface area contributed by atoms with E-state index in [0.29, 0.717) is 23.1 Å². The third-order valence-electron chi connectivity index (χ3n) is 3.86. The van der Waals surface area contributed by atoms with Crippen LogP contribution in [0.25, 0.3) is 0 Å². The van der Waals surface area contributed by atoms with Crippen molar-refractivity contribution in [1.29, 1.82) is 0 Å². The molecule has 0 bridgehead atoms. The quantitative estimate of drug-likeness (QED) is 0.612. The van der Waals surface area contributed by atoms with Crippen LogP contribution in [-0.2, 0) is 11.2 Å². The molecule has 2 amide bonds. The summed E-state index contributed by atoms with van der Waals surface area (Å²) in [5.74, 6) is -0.195. The lowest BCUT2D eigenvalue weighted by Gasteiger charge is -2.10. The molecular formula is C21H21N3O3S. The number of carbonyl (C=O) groups excluding carboxylic acids is 2. The first kappa shape index (κ1) is 19.6. The van der Waals surface area contributed by atoms with Gasteiger partial charge in [0.2, 0.25) is 5.91 Å². The number of hydrogen-bond donors (Lipinski definition) is 2. The smallest absolute Gasteiger partial charge is 0.255 e. The van der Waals surface area contributed by atoms with Crippen LogP contribution in [0.5, 0.6) is 5.75 Å². The van der Waals surface area contributed by atoms with Crippen LogP contribution >= 0.6 is 11.3 Å². The Kier molecular flexibility index (Phi) is 6.75. The maximum absolute atomic E-state index is 12.3. The number of anilines is 1. The predicted octanol–water partition coefficient (Wildman–Crippen LogP) is 3.50. The highest BCUT2D eigenvalue weighted by Crippen LogP contribution is 2.21. The monoisotopic (exact) mass is 395 g/mol. The van der Waals surface area contributed by atoms with Gasteiger partial charge in [0.1, 0.15) is 5.75 Å². The van der Waals surface area contributed by atoms with Gasteiger partial charge in [0.05, 0.1) is 18.7 Å². The molecule has 0 saturated heterocycles. The lowest BCUT2D eigenvalue weighted by atomic mass is 10.1. The summed E-state index contributed by atoms with van der Waals surface area (Å²) in [7, 11) is 0. The summed E-state index contributed by atoms with van der Waals surface area (Å²) in [5.41, 5.74) is 1.58. The van der Waals surface area contributed by atoms with Crippen LogP contribution in [-0.4, -0.2) is 29.9 Å². The minimum Gasteiger partial charge on any atom is -0.493 e. The van der Waals surface area contributed by atoms with Crippen molar-refractivity contribution < 1.29 is 14.3 Å². The molecule has 0 aliphatic rings. The van der Waals surface area contributed by atoms with E-state index in [0.717, 1.165) is 11.3 Å². The zero-order valence-corrected chi connectivity index (χ0v) is 16.3. The van der Waals surface area contributed by atoms with Crippen molar-refractivity contribution in [2.75, 3.05) is 18.5 Å². The van der Waals surface area contributed by atoms with E-state index in [1.54, 1.807) is 30.5 Å². The van der Waals surface area contributed by atoms with Gasteiger partial charge in [0.15, 0.2) is 5.13 Å². The lowest BCUT2D eigenvalue weighted by molar-refractivity contribution is -0.115. The summed E-state index contributed by atoms with van der Waals surface area (Å²) < 4.78 is 5.44. The van der Waals surface area contributed by atoms with Crippen LogP contribution in [0.2, 0.25) is 0 Å². The molecule has 144 valence electrons. The molecule has 1 aromatic heterocycles. The molecule has 28 heavy (non-hydrogen) atoms. The van der Waals surface area contributed by atoms with E-state index in [-0.39, 0.29) is 18.4 Å². The third kappa shape index (κ3) is 5.40. The van der Waals surface area contributed by atoms with Gasteiger partial charge in [-0.25, -0.2) is 4.98 Å². The molecule has 0 radical (unpaired) electrons. The third-order valence-corrected chi connectivity index (χ3v) is 4.77. The predicted molar refractivity (Wildman–Crippen MR) is 110 cm³/mol. The van der Waals surface area contributed by atoms with E-state index in [2.05, 4.69) is 15.6 Å². The molecule has 0 aliphatic heterocycles. The highest BCUT2D eigenvalue weighted by atomic mass is 32.1. The highest BCUT2D eigenvalue weighted by Gasteiger charge is 2.14. The van der Waals surface area contributed by atoms with Crippen molar-refractivity contribution in [1.82, 2.24) is 10.3 Å². The average molecular weight is 395 g/mol. The topological polar surface area (TPSA) is 80.3 Å². The molecule has 0 fully saturated rings. The molecule has 0 saturated carbocycles. The summed E-state index contributed by atoms with van der Waals surface area (Å²) in [4.78, 5) is 29.7. The molecule has 0 spiro atoms. The number of aromatic nitrogens is 1. The number of hydrogen-bond acceptors (Lipinski definition) is 5. The van der Waals surface area contributed by atoms with Gasteiger partial charge < -0.3 is 15.4 Å². The van der Waals surface area contributed by atoms with E-state index in [1.807, 2.05) is 37.3 Å². The standard InChI is InChI=1S/C21H21N3O3S/c1-2-27-18-11-7-6-10-17(18)20(26)22-14-19(25)24-21-23-13-16(28-21)12-15-8-4-3-5-9-15/h3-11,13H,2,12,14H2,1H3,(H,22,26)(H,23,24,25). The van der Waals surface area contributed by atoms with Crippen LogP contribution in [0.1, 0.15) is 27.7 Å². The van der Waals surface area contributed by atoms with Crippen molar-refractivity contribution in [3.8, 4) is 5.75 Å². The summed E-state index contributed by atoms with van der Waals surface area (Å²) in [6.07, 6.45) is 2.52. The largest absolute Gasteiger partial charge is 0.493 e. The van der Waals surface area contributed by atoms with Crippen LogP contribution in [0, 0.1) is 0 Å². The molecule has 0 unspecified atom stereocenters. The second kappa shape index (κ2) is 9.66. The number of thiazole rings is 1. The maximum Gasteiger partial charge on any atom is 0.255 e. The Morgan fingerprint density at radius 2 is 1.82 bits per heavy atom. The summed E-state index contributed by atoms with van der Waals surface area (Å²) in [6, 6.07) is 17.0. The molecule has 0 atom stereocenters. The zero-order chi connectivity index (χ0) is 19.8. The number of ether oxygens (including phenoxy) is 1. The normalized spacial score (nSPS) is 10.3. The number of nitrogens with zero attached hydrogens (tertiary/aromatic N) is 1. The van der Waals surface area contributed by atoms with Gasteiger partial charge in [0, 0.05) is 17.5 Å². The SMILES string of the molecule is CCOc1ccccc1C(=O)NCC(=O)Nc1ncc(Cc2ccccc2)s1. The van der Waals surface area contributed by atoms with Crippen LogP contribution in [0.4, 0.5) is 5.13 Å². The van der Waals surface area contributed by atoms with Gasteiger partial charge in [-0.1, -0.05) is 42.5 Å². The number of benzene rings is 2. The molecule has 3 rings (SSSR count). The fourth-order valence-corrected chi connectivity index (χ4v) is 3.46. The number of amides is 2. The zero-order valence-electron chi connectivity index (χ0n) is 15.5. The number of para-hydroxylation sites is 1. The summed E-state index contributed by atoms with van der Waals surface area (Å²) >= 11 is 1.42. The Bertz CT molecular complexity index is 941. The van der Waals surface area contributed by atoms with Gasteiger partial charge in [-0.2, -0.15) is 0 Å². The van der Waals surface area contributed by atoms with E-state index < -0.39 is 0 Å². The van der Waals surface area contributed by atoms with E-state index in [1.165, 1.54) is 16.9 Å². The summed E-state index contributed by atoms with van der Waals surface area (Å²) in [6.45, 7) is 2.16. The number of carbonyl (C=O) groups is 2. The van der Waals surface area contributed by atoms with Crippen molar-refractivity contribution in [2.24, 2.45) is 0 Å². The maximum atomic E-state index is 12.3. The van der Waals surface area contributed by atoms with Gasteiger partial charge in [0.25, 0.3) is 5.91 Å². The Morgan fingerprint density at radius 1 is 1.07 bits per heavy atom. The molecule has 0 aliphatic carbocycles. The fraction of sp³-hybridized carbons (Fsp3) is 0.190. The van der Waals surface area contributed by atoms with Crippen LogP contribution in [0.3, 0.4) is 0 Å². The minimum atomic E-state index is -0.358. The molecule has 6 nitrogen and oxygen atoms in total. The van der Waals surface area contributed by atoms with E-state index >= 15 is 0 Å². The second-order valence-electron chi connectivity index (χ2n) is 5.95. The van der Waals surface area contributed by atoms with Crippen LogP contribution < -0.4 is 15.4 Å². The Balaban J connectivity index is 1.51. The minimum absolute atomic E-state index is 0.146. The van der Waals surface area contributed by atoms with Gasteiger partial charge in [-0.15, -0.1) is 11.3 Å². The van der Waals surface area contributed by atoms with E-state index in [9.17, 15) is 9.59 Å². The fourth-order valence-electron chi connectivity index (χ4n) is 2.60. The summed E-state index contributed by atoms with van der Waals surface area (Å²) in [5, 5.41) is 5.84. The Hall–Kier alpha value is -3.19. The molecule has 1 heterocycles. The second-order valence-corrected chi connectivity index (χ2v) is 7.07. The molecule has 2 N–H and O–H groups in total. The van der Waals surface area contributed by atoms with Crippen LogP contribution in [0.15, 0.2) is 60.8 Å². The van der Waals surface area contributed by atoms with Gasteiger partial charge in [-0.3, -0.25) is 9.59 Å². The Morgan fingerprint density at radius 3 is 2.61 bits per heavy atom. The molecule has 3 aromatic rings. The van der Waals surface area contributed by atoms with E-state index in [4.69, 9.17) is 4.74 Å². The molecule has 2 aromatic carbocycles. The number of nitrogens with one attached hydrogen (secondary N) is 2. The van der Waals surface area contributed by atoms with Gasteiger partial charge >= 0.3 is 0 Å². The molecule has 7 heteroatoms. The number of rotatable bonds is 8. The first-order valence-electron chi connectivity index (χ1n) is 8.94.